The number of nitrogens with one attached hydrogen (secondary N) is 2. The van der Waals surface area contributed by atoms with Crippen molar-refractivity contribution in [2.75, 3.05) is 35.8 Å². The summed E-state index contributed by atoms with van der Waals surface area (Å²) in [4.78, 5) is 28.3. The Kier molecular flexibility index (Phi) is 8.22. The molecule has 2 heterocycles. The maximum Gasteiger partial charge on any atom is 0.343 e. The minimum Gasteiger partial charge on any atom is -0.493 e. The van der Waals surface area contributed by atoms with E-state index in [2.05, 4.69) is 35.7 Å². The van der Waals surface area contributed by atoms with Gasteiger partial charge in [-0.3, -0.25) is 0 Å². The molecule has 0 radical (unpaired) electrons. The van der Waals surface area contributed by atoms with Gasteiger partial charge in [-0.15, -0.1) is 0 Å². The molecule has 39 heavy (non-hydrogen) atoms. The van der Waals surface area contributed by atoms with E-state index in [1.807, 2.05) is 36.4 Å². The SMILES string of the molecule is COc1cc(/C=N\Nc2nc(Nc3ccccc3)nc(N3CCCCC3)n2)ccc1OC(=O)c1ccccc1. The monoisotopic (exact) mass is 523 g/mol. The number of carbonyl (C=O) groups excluding carboxylic acids is 1. The van der Waals surface area contributed by atoms with Gasteiger partial charge in [0.2, 0.25) is 17.8 Å². The molecule has 0 amide bonds. The predicted molar refractivity (Wildman–Crippen MR) is 151 cm³/mol. The Labute approximate surface area is 226 Å². The molecule has 1 fully saturated rings. The normalized spacial score (nSPS) is 13.2. The van der Waals surface area contributed by atoms with Crippen molar-refractivity contribution < 1.29 is 14.3 Å². The van der Waals surface area contributed by atoms with Crippen LogP contribution in [0.25, 0.3) is 0 Å². The van der Waals surface area contributed by atoms with E-state index in [0.717, 1.165) is 37.2 Å². The largest absolute Gasteiger partial charge is 0.493 e. The van der Waals surface area contributed by atoms with Crippen LogP contribution < -0.4 is 25.1 Å². The third-order valence-corrected chi connectivity index (χ3v) is 6.07. The van der Waals surface area contributed by atoms with Gasteiger partial charge >= 0.3 is 5.97 Å². The smallest absolute Gasteiger partial charge is 0.343 e. The molecule has 0 bridgehead atoms. The van der Waals surface area contributed by atoms with Crippen molar-refractivity contribution in [2.24, 2.45) is 5.10 Å². The molecule has 1 aromatic heterocycles. The van der Waals surface area contributed by atoms with Crippen LogP contribution in [-0.2, 0) is 0 Å². The molecule has 2 N–H and O–H groups in total. The maximum atomic E-state index is 12.4. The number of rotatable bonds is 9. The van der Waals surface area contributed by atoms with Crippen molar-refractivity contribution >= 4 is 35.7 Å². The van der Waals surface area contributed by atoms with Crippen LogP contribution in [-0.4, -0.2) is 47.3 Å². The van der Waals surface area contributed by atoms with Crippen LogP contribution in [0.2, 0.25) is 0 Å². The number of anilines is 4. The van der Waals surface area contributed by atoms with E-state index in [-0.39, 0.29) is 0 Å². The second-order valence-corrected chi connectivity index (χ2v) is 8.86. The van der Waals surface area contributed by atoms with Gasteiger partial charge in [0.15, 0.2) is 11.5 Å². The number of nitrogens with zero attached hydrogens (tertiary/aromatic N) is 5. The Morgan fingerprint density at radius 3 is 2.33 bits per heavy atom. The van der Waals surface area contributed by atoms with Gasteiger partial charge in [0.1, 0.15) is 0 Å². The number of carbonyl (C=O) groups is 1. The lowest BCUT2D eigenvalue weighted by Gasteiger charge is -2.26. The Bertz CT molecular complexity index is 1430. The summed E-state index contributed by atoms with van der Waals surface area (Å²) in [5, 5.41) is 7.56. The van der Waals surface area contributed by atoms with Crippen LogP contribution in [0.3, 0.4) is 0 Å². The summed E-state index contributed by atoms with van der Waals surface area (Å²) in [7, 11) is 1.52. The first-order valence-electron chi connectivity index (χ1n) is 12.8. The van der Waals surface area contributed by atoms with E-state index in [0.29, 0.717) is 34.9 Å². The quantitative estimate of drug-likeness (QED) is 0.131. The number of hydrazone groups is 1. The lowest BCUT2D eigenvalue weighted by molar-refractivity contribution is 0.0729. The molecule has 1 aliphatic heterocycles. The highest BCUT2D eigenvalue weighted by Crippen LogP contribution is 2.28. The number of esters is 1. The summed E-state index contributed by atoms with van der Waals surface area (Å²) in [6.45, 7) is 1.80. The molecule has 1 aliphatic rings. The minimum absolute atomic E-state index is 0.316. The molecular formula is C29H29N7O3. The van der Waals surface area contributed by atoms with Gasteiger partial charge in [0.05, 0.1) is 18.9 Å². The third-order valence-electron chi connectivity index (χ3n) is 6.07. The number of benzene rings is 3. The fraction of sp³-hybridized carbons (Fsp3) is 0.207. The Balaban J connectivity index is 1.31. The highest BCUT2D eigenvalue weighted by atomic mass is 16.6. The fourth-order valence-corrected chi connectivity index (χ4v) is 4.10. The fourth-order valence-electron chi connectivity index (χ4n) is 4.10. The van der Waals surface area contributed by atoms with E-state index in [1.165, 1.54) is 13.5 Å². The zero-order chi connectivity index (χ0) is 26.9. The van der Waals surface area contributed by atoms with Crippen LogP contribution in [0.4, 0.5) is 23.5 Å². The standard InChI is InChI=1S/C29H29N7O3/c1-38-25-19-21(15-16-24(25)39-26(37)22-11-5-2-6-12-22)20-30-35-28-32-27(31-23-13-7-3-8-14-23)33-29(34-28)36-17-9-4-10-18-36/h2-3,5-8,11-16,19-20H,4,9-10,17-18H2,1H3,(H2,31,32,33,34,35)/b30-20-. The summed E-state index contributed by atoms with van der Waals surface area (Å²) in [6.07, 6.45) is 5.03. The molecule has 0 atom stereocenters. The Morgan fingerprint density at radius 1 is 0.872 bits per heavy atom. The number of para-hydroxylation sites is 1. The van der Waals surface area contributed by atoms with Gasteiger partial charge in [-0.05, 0) is 67.3 Å². The lowest BCUT2D eigenvalue weighted by Crippen LogP contribution is -2.31. The molecule has 10 heteroatoms. The zero-order valence-corrected chi connectivity index (χ0v) is 21.6. The van der Waals surface area contributed by atoms with E-state index in [1.54, 1.807) is 48.7 Å². The summed E-state index contributed by atoms with van der Waals surface area (Å²) in [5.41, 5.74) is 4.98. The van der Waals surface area contributed by atoms with Crippen molar-refractivity contribution in [1.82, 2.24) is 15.0 Å². The topological polar surface area (TPSA) is 114 Å². The maximum absolute atomic E-state index is 12.4. The highest BCUT2D eigenvalue weighted by Gasteiger charge is 2.17. The van der Waals surface area contributed by atoms with Gasteiger partial charge in [-0.2, -0.15) is 20.1 Å². The third kappa shape index (κ3) is 6.86. The molecule has 3 aromatic carbocycles. The van der Waals surface area contributed by atoms with E-state index < -0.39 is 5.97 Å². The van der Waals surface area contributed by atoms with Crippen LogP contribution in [0.5, 0.6) is 11.5 Å². The van der Waals surface area contributed by atoms with Gasteiger partial charge < -0.3 is 19.7 Å². The first-order valence-corrected chi connectivity index (χ1v) is 12.8. The molecule has 0 saturated carbocycles. The van der Waals surface area contributed by atoms with Crippen molar-refractivity contribution in [3.05, 3.63) is 90.0 Å². The van der Waals surface area contributed by atoms with Crippen molar-refractivity contribution in [1.29, 1.82) is 0 Å². The predicted octanol–water partition coefficient (Wildman–Crippen LogP) is 5.28. The molecule has 0 aliphatic carbocycles. The second-order valence-electron chi connectivity index (χ2n) is 8.86. The molecule has 0 spiro atoms. The molecule has 0 unspecified atom stereocenters. The summed E-state index contributed by atoms with van der Waals surface area (Å²) in [6, 6.07) is 23.7. The molecule has 4 aromatic rings. The summed E-state index contributed by atoms with van der Waals surface area (Å²) < 4.78 is 11.0. The van der Waals surface area contributed by atoms with Crippen LogP contribution in [0.1, 0.15) is 35.2 Å². The van der Waals surface area contributed by atoms with Crippen molar-refractivity contribution in [2.45, 2.75) is 19.3 Å². The number of aromatic nitrogens is 3. The zero-order valence-electron chi connectivity index (χ0n) is 21.6. The first kappa shape index (κ1) is 25.7. The molecule has 1 saturated heterocycles. The van der Waals surface area contributed by atoms with Gasteiger partial charge in [-0.1, -0.05) is 36.4 Å². The average Bonchev–Trinajstić information content (AvgIpc) is 2.99. The second kappa shape index (κ2) is 12.5. The molecule has 10 nitrogen and oxygen atoms in total. The number of methoxy groups -OCH3 is 1. The highest BCUT2D eigenvalue weighted by molar-refractivity contribution is 5.91. The van der Waals surface area contributed by atoms with Crippen LogP contribution in [0.15, 0.2) is 84.0 Å². The van der Waals surface area contributed by atoms with Gasteiger partial charge in [0.25, 0.3) is 0 Å². The minimum atomic E-state index is -0.462. The van der Waals surface area contributed by atoms with E-state index in [4.69, 9.17) is 9.47 Å². The molecule has 198 valence electrons. The number of ether oxygens (including phenoxy) is 2. The van der Waals surface area contributed by atoms with Gasteiger partial charge in [0, 0.05) is 18.8 Å². The van der Waals surface area contributed by atoms with Crippen LogP contribution >= 0.6 is 0 Å². The number of hydrogen-bond donors (Lipinski definition) is 2. The number of hydrogen-bond acceptors (Lipinski definition) is 10. The molecular weight excluding hydrogens is 494 g/mol. The Hall–Kier alpha value is -4.99. The van der Waals surface area contributed by atoms with Gasteiger partial charge in [-0.25, -0.2) is 10.2 Å². The van der Waals surface area contributed by atoms with E-state index >= 15 is 0 Å². The van der Waals surface area contributed by atoms with Crippen molar-refractivity contribution in [3.8, 4) is 11.5 Å². The number of piperidine rings is 1. The molecule has 5 rings (SSSR count). The van der Waals surface area contributed by atoms with E-state index in [9.17, 15) is 4.79 Å². The summed E-state index contributed by atoms with van der Waals surface area (Å²) >= 11 is 0. The Morgan fingerprint density at radius 2 is 1.59 bits per heavy atom. The van der Waals surface area contributed by atoms with Crippen LogP contribution in [0, 0.1) is 0 Å². The lowest BCUT2D eigenvalue weighted by atomic mass is 10.1. The van der Waals surface area contributed by atoms with Crippen molar-refractivity contribution in [3.63, 3.8) is 0 Å². The first-order chi connectivity index (χ1) is 19.2. The average molecular weight is 524 g/mol. The summed E-state index contributed by atoms with van der Waals surface area (Å²) in [5.74, 6) is 1.62.